The Labute approximate surface area is 296 Å². The van der Waals surface area contributed by atoms with Crippen molar-refractivity contribution in [2.24, 2.45) is 46.8 Å². The van der Waals surface area contributed by atoms with Crippen LogP contribution >= 0.6 is 0 Å². The Bertz CT molecular complexity index is 1210. The van der Waals surface area contributed by atoms with E-state index in [2.05, 4.69) is 0 Å². The molecule has 0 radical (unpaired) electrons. The predicted octanol–water partition coefficient (Wildman–Crippen LogP) is 9.62. The lowest BCUT2D eigenvalue weighted by molar-refractivity contribution is -0.405. The van der Waals surface area contributed by atoms with E-state index in [0.717, 1.165) is 0 Å². The van der Waals surface area contributed by atoms with Crippen molar-refractivity contribution in [1.29, 1.82) is 0 Å². The first-order valence-corrected chi connectivity index (χ1v) is 16.4. The first-order chi connectivity index (χ1) is 23.7. The zero-order valence-electron chi connectivity index (χ0n) is 29.0. The first kappa shape index (κ1) is 48.2. The lowest BCUT2D eigenvalue weighted by Gasteiger charge is -2.48. The van der Waals surface area contributed by atoms with Crippen molar-refractivity contribution in [2.45, 2.75) is 140 Å². The molecule has 3 N–H and O–H groups in total. The molecule has 3 aliphatic rings. The summed E-state index contributed by atoms with van der Waals surface area (Å²) < 4.78 is 241. The number of alkyl halides is 18. The van der Waals surface area contributed by atoms with Crippen LogP contribution in [0.1, 0.15) is 79.6 Å². The molecule has 0 spiro atoms. The molecule has 54 heavy (non-hydrogen) atoms. The van der Waals surface area contributed by atoms with E-state index in [-0.39, 0.29) is 24.2 Å². The van der Waals surface area contributed by atoms with Crippen LogP contribution in [0.4, 0.5) is 79.0 Å². The summed E-state index contributed by atoms with van der Waals surface area (Å²) in [6, 6.07) is 0. The van der Waals surface area contributed by atoms with Crippen molar-refractivity contribution in [2.75, 3.05) is 0 Å². The van der Waals surface area contributed by atoms with Crippen LogP contribution < -0.4 is 0 Å². The van der Waals surface area contributed by atoms with Crippen LogP contribution in [0.5, 0.6) is 0 Å². The molecule has 0 saturated heterocycles. The Morgan fingerprint density at radius 2 is 0.944 bits per heavy atom. The zero-order valence-corrected chi connectivity index (χ0v) is 29.0. The van der Waals surface area contributed by atoms with E-state index in [1.807, 2.05) is 13.8 Å². The molecule has 0 aromatic heterocycles. The van der Waals surface area contributed by atoms with Gasteiger partial charge in [-0.1, -0.05) is 20.8 Å². The average molecular weight is 835 g/mol. The lowest BCUT2D eigenvalue weighted by Crippen LogP contribution is -2.67. The predicted molar refractivity (Wildman–Crippen MR) is 149 cm³/mol. The standard InChI is InChI=1S/C18H22F12O4.C13H18F6O/c1-4-12(2,3)11(31)34-10-6-8(13(32,15(19,20)21)16(22,23)24)5-9(7-10)14(33,17(25,26)27)18(28,29)30;1-6-7(2)10-4-8(6)3-9(10)5-11(20,12(14,15)16)13(17,18)19/h8-10,32-33H,4-7H2,1-3H3;6-10,20H,3-5H2,1-2H3. The topological polar surface area (TPSA) is 87.0 Å². The molecule has 0 heterocycles. The van der Waals surface area contributed by atoms with Crippen LogP contribution in [0, 0.1) is 46.8 Å². The van der Waals surface area contributed by atoms with Crippen LogP contribution in [0.15, 0.2) is 0 Å². The van der Waals surface area contributed by atoms with Gasteiger partial charge in [0, 0.05) is 11.8 Å². The van der Waals surface area contributed by atoms with Crippen LogP contribution in [0.25, 0.3) is 0 Å². The van der Waals surface area contributed by atoms with Gasteiger partial charge in [0.25, 0.3) is 16.8 Å². The molecular weight excluding hydrogens is 794 g/mol. The maximum atomic E-state index is 13.3. The highest BCUT2D eigenvalue weighted by atomic mass is 19.4. The van der Waals surface area contributed by atoms with E-state index in [0.29, 0.717) is 18.8 Å². The van der Waals surface area contributed by atoms with Gasteiger partial charge < -0.3 is 20.1 Å². The van der Waals surface area contributed by atoms with Gasteiger partial charge in [0.05, 0.1) is 5.41 Å². The Morgan fingerprint density at radius 1 is 0.574 bits per heavy atom. The summed E-state index contributed by atoms with van der Waals surface area (Å²) in [5, 5.41) is 28.5. The Balaban J connectivity index is 0.000000425. The lowest BCUT2D eigenvalue weighted by atomic mass is 9.65. The molecule has 0 aromatic carbocycles. The number of esters is 1. The number of carbonyl (C=O) groups is 1. The van der Waals surface area contributed by atoms with Gasteiger partial charge in [-0.2, -0.15) is 79.0 Å². The number of ether oxygens (including phenoxy) is 1. The van der Waals surface area contributed by atoms with Gasteiger partial charge in [-0.25, -0.2) is 0 Å². The van der Waals surface area contributed by atoms with E-state index in [1.54, 1.807) is 0 Å². The molecule has 3 rings (SSSR count). The SMILES string of the molecule is CC1C2CC(CC(O)(C(F)(F)F)C(F)(F)F)C(C2)C1C.CCC(C)(C)C(=O)OC1CC(C(O)(C(F)(F)F)C(F)(F)F)CC(C(O)(C(F)(F)F)C(F)(F)F)C1. The molecule has 3 fully saturated rings. The van der Waals surface area contributed by atoms with Crippen molar-refractivity contribution in [1.82, 2.24) is 0 Å². The molecule has 0 aromatic rings. The summed E-state index contributed by atoms with van der Waals surface area (Å²) in [5.74, 6) is -8.28. The minimum atomic E-state index is -6.58. The van der Waals surface area contributed by atoms with Gasteiger partial charge in [0.2, 0.25) is 0 Å². The summed E-state index contributed by atoms with van der Waals surface area (Å²) in [4.78, 5) is 12.2. The van der Waals surface area contributed by atoms with Gasteiger partial charge >= 0.3 is 43.0 Å². The largest absolute Gasteiger partial charge is 0.462 e. The number of rotatable bonds is 7. The molecule has 23 heteroatoms. The smallest absolute Gasteiger partial charge is 0.426 e. The second-order valence-corrected chi connectivity index (χ2v) is 15.3. The Kier molecular flexibility index (Phi) is 13.2. The van der Waals surface area contributed by atoms with Crippen LogP contribution in [0.3, 0.4) is 0 Å². The third kappa shape index (κ3) is 8.66. The highest BCUT2D eigenvalue weighted by molar-refractivity contribution is 5.76. The van der Waals surface area contributed by atoms with Crippen molar-refractivity contribution in [3.63, 3.8) is 0 Å². The van der Waals surface area contributed by atoms with Gasteiger partial charge in [-0.15, -0.1) is 0 Å². The normalized spacial score (nSPS) is 29.5. The van der Waals surface area contributed by atoms with Crippen LogP contribution in [-0.2, 0) is 9.53 Å². The van der Waals surface area contributed by atoms with Crippen molar-refractivity contribution in [3.05, 3.63) is 0 Å². The van der Waals surface area contributed by atoms with Crippen molar-refractivity contribution in [3.8, 4) is 0 Å². The number of halogens is 18. The zero-order chi connectivity index (χ0) is 42.9. The fourth-order valence-electron chi connectivity index (χ4n) is 7.85. The third-order valence-electron chi connectivity index (χ3n) is 11.8. The molecule has 0 aliphatic heterocycles. The van der Waals surface area contributed by atoms with E-state index in [4.69, 9.17) is 4.74 Å². The van der Waals surface area contributed by atoms with E-state index in [1.165, 1.54) is 20.8 Å². The average Bonchev–Trinajstić information content (AvgIpc) is 3.50. The summed E-state index contributed by atoms with van der Waals surface area (Å²) >= 11 is 0. The molecular formula is C31H40F18O5. The van der Waals surface area contributed by atoms with Gasteiger partial charge in [-0.3, -0.25) is 4.79 Å². The second-order valence-electron chi connectivity index (χ2n) is 15.3. The van der Waals surface area contributed by atoms with E-state index in [9.17, 15) is 99.1 Å². The van der Waals surface area contributed by atoms with Gasteiger partial charge in [0.1, 0.15) is 6.10 Å². The molecule has 3 aliphatic carbocycles. The molecule has 7 atom stereocenters. The molecule has 7 unspecified atom stereocenters. The molecule has 2 bridgehead atoms. The number of hydrogen-bond donors (Lipinski definition) is 3. The monoisotopic (exact) mass is 834 g/mol. The highest BCUT2D eigenvalue weighted by Gasteiger charge is 2.78. The number of fused-ring (bicyclic) bond motifs is 2. The summed E-state index contributed by atoms with van der Waals surface area (Å²) in [7, 11) is 0. The Hall–Kier alpha value is -1.91. The van der Waals surface area contributed by atoms with Crippen molar-refractivity contribution < 1.29 is 104 Å². The first-order valence-electron chi connectivity index (χ1n) is 16.4. The molecule has 5 nitrogen and oxygen atoms in total. The molecule has 0 amide bonds. The fourth-order valence-corrected chi connectivity index (χ4v) is 7.85. The van der Waals surface area contributed by atoms with Crippen LogP contribution in [-0.4, -0.2) is 81.3 Å². The molecule has 320 valence electrons. The summed E-state index contributed by atoms with van der Waals surface area (Å²) in [6.07, 6.45) is -45.6. The van der Waals surface area contributed by atoms with Gasteiger partial charge in [0.15, 0.2) is 0 Å². The molecule has 3 saturated carbocycles. The summed E-state index contributed by atoms with van der Waals surface area (Å²) in [6.45, 7) is 7.69. The second kappa shape index (κ2) is 14.8. The minimum absolute atomic E-state index is 0.0184. The number of hydrogen-bond acceptors (Lipinski definition) is 5. The van der Waals surface area contributed by atoms with Crippen molar-refractivity contribution >= 4 is 5.97 Å². The maximum Gasteiger partial charge on any atom is 0.426 e. The Morgan fingerprint density at radius 3 is 1.22 bits per heavy atom. The fraction of sp³-hybridized carbons (Fsp3) is 0.968. The van der Waals surface area contributed by atoms with Gasteiger partial charge in [-0.05, 0) is 88.4 Å². The minimum Gasteiger partial charge on any atom is -0.462 e. The number of aliphatic hydroxyl groups is 3. The maximum absolute atomic E-state index is 13.3. The highest BCUT2D eigenvalue weighted by Crippen LogP contribution is 2.60. The summed E-state index contributed by atoms with van der Waals surface area (Å²) in [5.41, 5.74) is -17.5. The van der Waals surface area contributed by atoms with E-state index < -0.39 is 115 Å². The van der Waals surface area contributed by atoms with Crippen LogP contribution in [0.2, 0.25) is 0 Å². The third-order valence-corrected chi connectivity index (χ3v) is 11.8. The quantitative estimate of drug-likeness (QED) is 0.176. The number of carbonyl (C=O) groups excluding carboxylic acids is 1. The van der Waals surface area contributed by atoms with E-state index >= 15 is 0 Å².